The van der Waals surface area contributed by atoms with Crippen LogP contribution in [0.5, 0.6) is 0 Å². The molecule has 17 heavy (non-hydrogen) atoms. The molecule has 0 bridgehead atoms. The maximum Gasteiger partial charge on any atom is 0.0834 e. The van der Waals surface area contributed by atoms with Crippen LogP contribution in [0.1, 0.15) is 31.7 Å². The third-order valence-electron chi connectivity index (χ3n) is 4.04. The number of rotatable bonds is 6. The SMILES string of the molecule is CCn1cc(CC(NC)C2(OC)CCC2)cn1. The van der Waals surface area contributed by atoms with Gasteiger partial charge in [-0.05, 0) is 45.2 Å². The zero-order valence-electron chi connectivity index (χ0n) is 11.1. The number of aromatic nitrogens is 2. The highest BCUT2D eigenvalue weighted by molar-refractivity contribution is 5.11. The summed E-state index contributed by atoms with van der Waals surface area (Å²) < 4.78 is 7.72. The lowest BCUT2D eigenvalue weighted by Gasteiger charge is -2.46. The van der Waals surface area contributed by atoms with Crippen LogP contribution in [0.25, 0.3) is 0 Å². The average molecular weight is 237 g/mol. The Hall–Kier alpha value is -0.870. The Morgan fingerprint density at radius 1 is 1.59 bits per heavy atom. The Morgan fingerprint density at radius 2 is 2.35 bits per heavy atom. The second-order valence-corrected chi connectivity index (χ2v) is 4.87. The first-order chi connectivity index (χ1) is 8.24. The zero-order chi connectivity index (χ0) is 12.3. The summed E-state index contributed by atoms with van der Waals surface area (Å²) in [7, 11) is 3.85. The predicted octanol–water partition coefficient (Wildman–Crippen LogP) is 1.60. The third kappa shape index (κ3) is 2.38. The molecule has 1 aliphatic carbocycles. The van der Waals surface area contributed by atoms with E-state index in [0.29, 0.717) is 6.04 Å². The van der Waals surface area contributed by atoms with Gasteiger partial charge in [-0.15, -0.1) is 0 Å². The molecule has 0 spiro atoms. The standard InChI is InChI=1S/C13H23N3O/c1-4-16-10-11(9-15-16)8-12(14-2)13(17-3)6-5-7-13/h9-10,12,14H,4-8H2,1-3H3. The summed E-state index contributed by atoms with van der Waals surface area (Å²) in [6.07, 6.45) is 8.70. The second kappa shape index (κ2) is 5.19. The number of nitrogens with zero attached hydrogens (tertiary/aromatic N) is 2. The molecule has 1 N–H and O–H groups in total. The monoisotopic (exact) mass is 237 g/mol. The molecule has 0 radical (unpaired) electrons. The summed E-state index contributed by atoms with van der Waals surface area (Å²) in [6, 6.07) is 0.385. The topological polar surface area (TPSA) is 39.1 Å². The average Bonchev–Trinajstić information content (AvgIpc) is 2.74. The Labute approximate surface area is 103 Å². The maximum atomic E-state index is 5.74. The molecule has 1 heterocycles. The van der Waals surface area contributed by atoms with Gasteiger partial charge in [-0.2, -0.15) is 5.10 Å². The molecule has 1 saturated carbocycles. The number of methoxy groups -OCH3 is 1. The molecule has 1 aromatic rings. The predicted molar refractivity (Wildman–Crippen MR) is 68.0 cm³/mol. The molecule has 0 saturated heterocycles. The highest BCUT2D eigenvalue weighted by atomic mass is 16.5. The van der Waals surface area contributed by atoms with Crippen molar-refractivity contribution in [1.29, 1.82) is 0 Å². The molecule has 1 aliphatic rings. The quantitative estimate of drug-likeness (QED) is 0.817. The molecule has 4 heteroatoms. The molecule has 96 valence electrons. The van der Waals surface area contributed by atoms with Gasteiger partial charge < -0.3 is 10.1 Å². The van der Waals surface area contributed by atoms with Gasteiger partial charge in [0.25, 0.3) is 0 Å². The number of hydrogen-bond donors (Lipinski definition) is 1. The van der Waals surface area contributed by atoms with Gasteiger partial charge in [-0.3, -0.25) is 4.68 Å². The molecule has 1 aromatic heterocycles. The van der Waals surface area contributed by atoms with Gasteiger partial charge in [0.15, 0.2) is 0 Å². The van der Waals surface area contributed by atoms with Crippen LogP contribution >= 0.6 is 0 Å². The second-order valence-electron chi connectivity index (χ2n) is 4.87. The first-order valence-electron chi connectivity index (χ1n) is 6.48. The van der Waals surface area contributed by atoms with Gasteiger partial charge in [0.05, 0.1) is 11.8 Å². The number of likely N-dealkylation sites (N-methyl/N-ethyl adjacent to an activating group) is 1. The van der Waals surface area contributed by atoms with Crippen molar-refractivity contribution in [2.75, 3.05) is 14.2 Å². The first kappa shape index (κ1) is 12.6. The van der Waals surface area contributed by atoms with Gasteiger partial charge in [-0.1, -0.05) is 0 Å². The summed E-state index contributed by atoms with van der Waals surface area (Å²) in [5.74, 6) is 0. The smallest absolute Gasteiger partial charge is 0.0834 e. The fraction of sp³-hybridized carbons (Fsp3) is 0.769. The normalized spacial score (nSPS) is 19.9. The number of ether oxygens (including phenoxy) is 1. The van der Waals surface area contributed by atoms with Crippen molar-refractivity contribution in [3.05, 3.63) is 18.0 Å². The largest absolute Gasteiger partial charge is 0.377 e. The van der Waals surface area contributed by atoms with Crippen LogP contribution in [0.4, 0.5) is 0 Å². The van der Waals surface area contributed by atoms with Gasteiger partial charge in [0.1, 0.15) is 0 Å². The van der Waals surface area contributed by atoms with E-state index in [1.54, 1.807) is 0 Å². The molecule has 2 rings (SSSR count). The third-order valence-corrected chi connectivity index (χ3v) is 4.04. The van der Waals surface area contributed by atoms with Gasteiger partial charge in [0.2, 0.25) is 0 Å². The van der Waals surface area contributed by atoms with E-state index in [1.165, 1.54) is 12.0 Å². The lowest BCUT2D eigenvalue weighted by atomic mass is 9.73. The van der Waals surface area contributed by atoms with E-state index in [4.69, 9.17) is 4.74 Å². The molecular weight excluding hydrogens is 214 g/mol. The van der Waals surface area contributed by atoms with Crippen molar-refractivity contribution in [2.24, 2.45) is 0 Å². The first-order valence-corrected chi connectivity index (χ1v) is 6.48. The van der Waals surface area contributed by atoms with Crippen LogP contribution in [0, 0.1) is 0 Å². The molecular formula is C13H23N3O. The van der Waals surface area contributed by atoms with E-state index in [-0.39, 0.29) is 5.60 Å². The van der Waals surface area contributed by atoms with Gasteiger partial charge >= 0.3 is 0 Å². The summed E-state index contributed by atoms with van der Waals surface area (Å²) in [5.41, 5.74) is 1.33. The van der Waals surface area contributed by atoms with Crippen molar-refractivity contribution in [3.63, 3.8) is 0 Å². The maximum absolute atomic E-state index is 5.74. The lowest BCUT2D eigenvalue weighted by molar-refractivity contribution is -0.0966. The summed E-state index contributed by atoms with van der Waals surface area (Å²) in [4.78, 5) is 0. The van der Waals surface area contributed by atoms with E-state index in [0.717, 1.165) is 25.8 Å². The molecule has 0 aromatic carbocycles. The number of aryl methyl sites for hydroxylation is 1. The summed E-state index contributed by atoms with van der Waals surface area (Å²) in [5, 5.41) is 7.73. The Morgan fingerprint density at radius 3 is 2.76 bits per heavy atom. The van der Waals surface area contributed by atoms with Gasteiger partial charge in [-0.25, -0.2) is 0 Å². The summed E-state index contributed by atoms with van der Waals surface area (Å²) >= 11 is 0. The van der Waals surface area contributed by atoms with Crippen molar-refractivity contribution in [2.45, 2.75) is 50.8 Å². The van der Waals surface area contributed by atoms with E-state index in [9.17, 15) is 0 Å². The van der Waals surface area contributed by atoms with Crippen molar-refractivity contribution in [3.8, 4) is 0 Å². The van der Waals surface area contributed by atoms with Crippen LogP contribution in [0.3, 0.4) is 0 Å². The minimum absolute atomic E-state index is 0.0447. The molecule has 1 atom stereocenters. The van der Waals surface area contributed by atoms with Crippen molar-refractivity contribution in [1.82, 2.24) is 15.1 Å². The van der Waals surface area contributed by atoms with Crippen LogP contribution < -0.4 is 5.32 Å². The van der Waals surface area contributed by atoms with E-state index in [2.05, 4.69) is 23.5 Å². The van der Waals surface area contributed by atoms with Crippen LogP contribution in [-0.4, -0.2) is 35.6 Å². The van der Waals surface area contributed by atoms with E-state index in [1.807, 2.05) is 25.0 Å². The number of nitrogens with one attached hydrogen (secondary N) is 1. The Balaban J connectivity index is 2.04. The highest BCUT2D eigenvalue weighted by Gasteiger charge is 2.43. The fourth-order valence-corrected chi connectivity index (χ4v) is 2.69. The van der Waals surface area contributed by atoms with Crippen LogP contribution in [-0.2, 0) is 17.7 Å². The van der Waals surface area contributed by atoms with E-state index >= 15 is 0 Å². The fourth-order valence-electron chi connectivity index (χ4n) is 2.69. The minimum atomic E-state index is 0.0447. The van der Waals surface area contributed by atoms with Crippen LogP contribution in [0.15, 0.2) is 12.4 Å². The van der Waals surface area contributed by atoms with Crippen LogP contribution in [0.2, 0.25) is 0 Å². The highest BCUT2D eigenvalue weighted by Crippen LogP contribution is 2.39. The molecule has 0 aliphatic heterocycles. The Kier molecular flexibility index (Phi) is 3.84. The van der Waals surface area contributed by atoms with Crippen molar-refractivity contribution >= 4 is 0 Å². The number of hydrogen-bond acceptors (Lipinski definition) is 3. The minimum Gasteiger partial charge on any atom is -0.377 e. The van der Waals surface area contributed by atoms with Crippen molar-refractivity contribution < 1.29 is 4.74 Å². The molecule has 1 unspecified atom stereocenters. The molecule has 0 amide bonds. The van der Waals surface area contributed by atoms with E-state index < -0.39 is 0 Å². The lowest BCUT2D eigenvalue weighted by Crippen LogP contribution is -2.56. The molecule has 1 fully saturated rings. The Bertz CT molecular complexity index is 352. The summed E-state index contributed by atoms with van der Waals surface area (Å²) in [6.45, 7) is 3.04. The zero-order valence-corrected chi connectivity index (χ0v) is 11.1. The van der Waals surface area contributed by atoms with Gasteiger partial charge in [0, 0.05) is 25.9 Å². The molecule has 4 nitrogen and oxygen atoms in total.